The molecule has 1 saturated carbocycles. The van der Waals surface area contributed by atoms with E-state index in [-0.39, 0.29) is 5.92 Å². The normalized spacial score (nSPS) is 26.1. The number of aliphatic carboxylic acids is 1. The first kappa shape index (κ1) is 12.2. The molecule has 3 nitrogen and oxygen atoms in total. The third-order valence-corrected chi connectivity index (χ3v) is 4.00. The van der Waals surface area contributed by atoms with E-state index in [2.05, 4.69) is 0 Å². The van der Waals surface area contributed by atoms with Crippen molar-refractivity contribution in [1.29, 1.82) is 0 Å². The molecule has 2 aromatic rings. The Kier molecular flexibility index (Phi) is 2.79. The Balaban J connectivity index is 1.85. The van der Waals surface area contributed by atoms with Crippen LogP contribution in [0.15, 0.2) is 42.5 Å². The van der Waals surface area contributed by atoms with Crippen molar-refractivity contribution < 1.29 is 15.0 Å². The largest absolute Gasteiger partial charge is 0.481 e. The van der Waals surface area contributed by atoms with Crippen molar-refractivity contribution in [1.82, 2.24) is 0 Å². The summed E-state index contributed by atoms with van der Waals surface area (Å²) in [5.74, 6) is -1.19. The minimum Gasteiger partial charge on any atom is -0.481 e. The van der Waals surface area contributed by atoms with Crippen molar-refractivity contribution in [2.45, 2.75) is 24.9 Å². The fourth-order valence-electron chi connectivity index (χ4n) is 2.98. The lowest BCUT2D eigenvalue weighted by atomic mass is 9.68. The summed E-state index contributed by atoms with van der Waals surface area (Å²) >= 11 is 0. The average molecular weight is 256 g/mol. The number of carboxylic acids is 1. The van der Waals surface area contributed by atoms with Gasteiger partial charge in [-0.3, -0.25) is 4.79 Å². The Bertz CT molecular complexity index is 621. The first-order valence-corrected chi connectivity index (χ1v) is 6.49. The Hall–Kier alpha value is -1.87. The molecule has 98 valence electrons. The molecular formula is C16H16O3. The molecule has 0 saturated heterocycles. The van der Waals surface area contributed by atoms with Gasteiger partial charge in [0.25, 0.3) is 0 Å². The average Bonchev–Trinajstić information content (AvgIpc) is 2.36. The third-order valence-electron chi connectivity index (χ3n) is 4.00. The van der Waals surface area contributed by atoms with E-state index in [0.29, 0.717) is 19.3 Å². The van der Waals surface area contributed by atoms with E-state index >= 15 is 0 Å². The van der Waals surface area contributed by atoms with Crippen LogP contribution in [0.3, 0.4) is 0 Å². The van der Waals surface area contributed by atoms with E-state index in [1.54, 1.807) is 0 Å². The molecule has 0 spiro atoms. The Morgan fingerprint density at radius 1 is 1.16 bits per heavy atom. The van der Waals surface area contributed by atoms with Crippen LogP contribution in [0.1, 0.15) is 18.4 Å². The Labute approximate surface area is 111 Å². The predicted octanol–water partition coefficient (Wildman–Crippen LogP) is 2.61. The van der Waals surface area contributed by atoms with Gasteiger partial charge in [0.05, 0.1) is 11.5 Å². The van der Waals surface area contributed by atoms with E-state index in [1.807, 2.05) is 42.5 Å². The molecule has 0 aliphatic heterocycles. The highest BCUT2D eigenvalue weighted by molar-refractivity contribution is 5.85. The molecule has 2 N–H and O–H groups in total. The maximum absolute atomic E-state index is 10.8. The highest BCUT2D eigenvalue weighted by Gasteiger charge is 2.46. The molecule has 0 unspecified atom stereocenters. The van der Waals surface area contributed by atoms with Gasteiger partial charge in [0.2, 0.25) is 0 Å². The molecule has 0 radical (unpaired) electrons. The summed E-state index contributed by atoms with van der Waals surface area (Å²) in [4.78, 5) is 10.8. The monoisotopic (exact) mass is 256 g/mol. The minimum absolute atomic E-state index is 0.353. The van der Waals surface area contributed by atoms with Crippen molar-refractivity contribution >= 4 is 16.7 Å². The number of aliphatic hydroxyl groups is 1. The fraction of sp³-hybridized carbons (Fsp3) is 0.312. The lowest BCUT2D eigenvalue weighted by Crippen LogP contribution is -2.48. The number of carbonyl (C=O) groups is 1. The number of benzene rings is 2. The predicted molar refractivity (Wildman–Crippen MR) is 73.0 cm³/mol. The van der Waals surface area contributed by atoms with E-state index in [0.717, 1.165) is 16.3 Å². The van der Waals surface area contributed by atoms with Gasteiger partial charge in [-0.05, 0) is 29.2 Å². The molecule has 0 heterocycles. The second kappa shape index (κ2) is 4.35. The number of carboxylic acid groups (broad SMARTS) is 1. The highest BCUT2D eigenvalue weighted by atomic mass is 16.4. The Morgan fingerprint density at radius 3 is 2.58 bits per heavy atom. The van der Waals surface area contributed by atoms with Crippen molar-refractivity contribution in [2.24, 2.45) is 5.92 Å². The Morgan fingerprint density at radius 2 is 1.84 bits per heavy atom. The van der Waals surface area contributed by atoms with Gasteiger partial charge in [-0.25, -0.2) is 0 Å². The minimum atomic E-state index is -0.854. The van der Waals surface area contributed by atoms with Crippen molar-refractivity contribution in [3.63, 3.8) is 0 Å². The summed E-state index contributed by atoms with van der Waals surface area (Å²) in [5.41, 5.74) is 0.233. The molecular weight excluding hydrogens is 240 g/mol. The van der Waals surface area contributed by atoms with Crippen molar-refractivity contribution in [2.75, 3.05) is 0 Å². The zero-order valence-corrected chi connectivity index (χ0v) is 10.5. The lowest BCUT2D eigenvalue weighted by molar-refractivity contribution is -0.158. The molecule has 3 heteroatoms. The van der Waals surface area contributed by atoms with E-state index in [9.17, 15) is 9.90 Å². The van der Waals surface area contributed by atoms with Crippen LogP contribution in [0.4, 0.5) is 0 Å². The van der Waals surface area contributed by atoms with Crippen LogP contribution in [0.25, 0.3) is 10.8 Å². The smallest absolute Gasteiger partial charge is 0.306 e. The van der Waals surface area contributed by atoms with Gasteiger partial charge in [0.15, 0.2) is 0 Å². The first-order valence-electron chi connectivity index (χ1n) is 6.49. The highest BCUT2D eigenvalue weighted by Crippen LogP contribution is 2.41. The summed E-state index contributed by atoms with van der Waals surface area (Å²) in [5, 5.41) is 21.6. The van der Waals surface area contributed by atoms with Crippen LogP contribution >= 0.6 is 0 Å². The van der Waals surface area contributed by atoms with Gasteiger partial charge < -0.3 is 10.2 Å². The molecule has 19 heavy (non-hydrogen) atoms. The second-order valence-electron chi connectivity index (χ2n) is 5.48. The summed E-state index contributed by atoms with van der Waals surface area (Å²) in [7, 11) is 0. The molecule has 0 atom stereocenters. The van der Waals surface area contributed by atoms with Crippen LogP contribution in [0, 0.1) is 5.92 Å². The molecule has 1 aliphatic carbocycles. The third kappa shape index (κ3) is 2.22. The molecule has 0 aromatic heterocycles. The maximum Gasteiger partial charge on any atom is 0.306 e. The molecule has 1 fully saturated rings. The van der Waals surface area contributed by atoms with Gasteiger partial charge >= 0.3 is 5.97 Å². The standard InChI is InChI=1S/C16H16O3/c17-15(18)13-9-16(19,10-13)8-12-6-3-5-11-4-1-2-7-14(11)12/h1-7,13,19H,8-10H2,(H,17,18). The quantitative estimate of drug-likeness (QED) is 0.887. The van der Waals surface area contributed by atoms with Crippen LogP contribution in [-0.2, 0) is 11.2 Å². The topological polar surface area (TPSA) is 57.5 Å². The second-order valence-corrected chi connectivity index (χ2v) is 5.48. The SMILES string of the molecule is O=C(O)C1CC(O)(Cc2cccc3ccccc23)C1. The van der Waals surface area contributed by atoms with E-state index in [1.165, 1.54) is 0 Å². The number of rotatable bonds is 3. The van der Waals surface area contributed by atoms with Crippen LogP contribution < -0.4 is 0 Å². The van der Waals surface area contributed by atoms with Gasteiger partial charge in [0.1, 0.15) is 0 Å². The van der Waals surface area contributed by atoms with Crippen LogP contribution in [-0.4, -0.2) is 21.8 Å². The summed E-state index contributed by atoms with van der Waals surface area (Å²) < 4.78 is 0. The fourth-order valence-corrected chi connectivity index (χ4v) is 2.98. The number of fused-ring (bicyclic) bond motifs is 1. The maximum atomic E-state index is 10.8. The van der Waals surface area contributed by atoms with Gasteiger partial charge in [0, 0.05) is 6.42 Å². The van der Waals surface area contributed by atoms with Crippen LogP contribution in [0.2, 0.25) is 0 Å². The van der Waals surface area contributed by atoms with E-state index in [4.69, 9.17) is 5.11 Å². The molecule has 3 rings (SSSR count). The number of hydrogen-bond donors (Lipinski definition) is 2. The van der Waals surface area contributed by atoms with Crippen LogP contribution in [0.5, 0.6) is 0 Å². The lowest BCUT2D eigenvalue weighted by Gasteiger charge is -2.41. The number of hydrogen-bond acceptors (Lipinski definition) is 2. The zero-order valence-electron chi connectivity index (χ0n) is 10.5. The zero-order chi connectivity index (χ0) is 13.5. The van der Waals surface area contributed by atoms with Gasteiger partial charge in [-0.1, -0.05) is 42.5 Å². The molecule has 0 amide bonds. The van der Waals surface area contributed by atoms with Crippen molar-refractivity contribution in [3.8, 4) is 0 Å². The van der Waals surface area contributed by atoms with Gasteiger partial charge in [-0.15, -0.1) is 0 Å². The summed E-state index contributed by atoms with van der Waals surface area (Å²) in [6.45, 7) is 0. The van der Waals surface area contributed by atoms with Gasteiger partial charge in [-0.2, -0.15) is 0 Å². The summed E-state index contributed by atoms with van der Waals surface area (Å²) in [6.07, 6.45) is 1.23. The van der Waals surface area contributed by atoms with E-state index < -0.39 is 11.6 Å². The molecule has 1 aliphatic rings. The molecule has 2 aromatic carbocycles. The first-order chi connectivity index (χ1) is 9.07. The molecule has 0 bridgehead atoms. The van der Waals surface area contributed by atoms with Crippen molar-refractivity contribution in [3.05, 3.63) is 48.0 Å². The summed E-state index contributed by atoms with van der Waals surface area (Å²) in [6, 6.07) is 14.1.